The minimum Gasteiger partial charge on any atom is -0.508 e. The van der Waals surface area contributed by atoms with Gasteiger partial charge in [-0.15, -0.1) is 0 Å². The number of allylic oxidation sites excluding steroid dienone is 1. The topological polar surface area (TPSA) is 161 Å². The molecule has 3 aliphatic rings. The molecular weight excluding hydrogens is 404 g/mol. The van der Waals surface area contributed by atoms with E-state index in [2.05, 4.69) is 6.58 Å². The lowest BCUT2D eigenvalue weighted by molar-refractivity contribution is -0.152. The number of benzene rings is 1. The molecule has 0 spiro atoms. The van der Waals surface area contributed by atoms with Crippen LogP contribution in [-0.4, -0.2) is 68.5 Å². The van der Waals surface area contributed by atoms with Crippen LogP contribution in [0.3, 0.4) is 0 Å². The van der Waals surface area contributed by atoms with E-state index < -0.39 is 58.0 Å². The van der Waals surface area contributed by atoms with Crippen molar-refractivity contribution in [1.29, 1.82) is 0 Å². The summed E-state index contributed by atoms with van der Waals surface area (Å²) in [5.74, 6) is -7.00. The van der Waals surface area contributed by atoms with Crippen LogP contribution in [0.2, 0.25) is 0 Å². The van der Waals surface area contributed by atoms with Crippen LogP contribution < -0.4 is 5.73 Å². The number of carbonyl (C=O) groups is 3. The largest absolute Gasteiger partial charge is 0.508 e. The molecule has 1 amide bonds. The van der Waals surface area contributed by atoms with Gasteiger partial charge in [0, 0.05) is 17.4 Å². The molecule has 3 aliphatic carbocycles. The fourth-order valence-corrected chi connectivity index (χ4v) is 5.15. The van der Waals surface area contributed by atoms with Gasteiger partial charge in [-0.2, -0.15) is 0 Å². The Hall–Kier alpha value is -3.43. The monoisotopic (exact) mass is 426 g/mol. The standard InChI is InChI=1S/C22H22N2O7/c1-8-9-5-4-6-12(25)13(9)17(26)14-10(8)7-11-16(24(2)3)18(27)15(21(23)30)20(29)22(11,31)19(14)28/h4-6,10-11,16,25-26,29,31H,1,7H2,2-3H3,(H2,23,30). The Labute approximate surface area is 177 Å². The first-order chi connectivity index (χ1) is 14.4. The van der Waals surface area contributed by atoms with E-state index in [9.17, 15) is 34.8 Å². The minimum atomic E-state index is -2.66. The van der Waals surface area contributed by atoms with E-state index in [-0.39, 0.29) is 23.3 Å². The number of carbonyl (C=O) groups excluding carboxylic acids is 3. The Bertz CT molecular complexity index is 1150. The molecule has 1 saturated carbocycles. The molecule has 0 aromatic heterocycles. The Morgan fingerprint density at radius 3 is 2.45 bits per heavy atom. The van der Waals surface area contributed by atoms with Crippen LogP contribution in [0, 0.1) is 11.8 Å². The third-order valence-electron chi connectivity index (χ3n) is 6.56. The lowest BCUT2D eigenvalue weighted by atomic mass is 9.56. The van der Waals surface area contributed by atoms with Crippen LogP contribution in [0.15, 0.2) is 41.7 Å². The Kier molecular flexibility index (Phi) is 4.39. The van der Waals surface area contributed by atoms with Crippen LogP contribution in [0.25, 0.3) is 11.3 Å². The molecule has 1 fully saturated rings. The Morgan fingerprint density at radius 2 is 1.87 bits per heavy atom. The molecule has 0 saturated heterocycles. The second kappa shape index (κ2) is 6.53. The average molecular weight is 426 g/mol. The highest BCUT2D eigenvalue weighted by Crippen LogP contribution is 2.55. The molecule has 4 rings (SSSR count). The number of fused-ring (bicyclic) bond motifs is 3. The van der Waals surface area contributed by atoms with Gasteiger partial charge in [0.15, 0.2) is 11.4 Å². The second-order valence-corrected chi connectivity index (χ2v) is 8.34. The summed E-state index contributed by atoms with van der Waals surface area (Å²) in [5.41, 5.74) is 2.37. The number of rotatable bonds is 2. The number of hydrogen-bond acceptors (Lipinski definition) is 8. The van der Waals surface area contributed by atoms with Gasteiger partial charge < -0.3 is 26.2 Å². The summed E-state index contributed by atoms with van der Waals surface area (Å²) in [5, 5.41) is 43.3. The molecule has 0 radical (unpaired) electrons. The quantitative estimate of drug-likeness (QED) is 0.426. The van der Waals surface area contributed by atoms with E-state index in [0.29, 0.717) is 11.1 Å². The van der Waals surface area contributed by atoms with Gasteiger partial charge in [-0.1, -0.05) is 18.7 Å². The van der Waals surface area contributed by atoms with E-state index in [1.165, 1.54) is 11.0 Å². The molecule has 4 atom stereocenters. The SMILES string of the molecule is C=C1c2cccc(O)c2C(O)=C2C(=O)C3(O)C(O)=C(C(N)=O)C(=O)C(N(C)C)C3CC12. The van der Waals surface area contributed by atoms with Gasteiger partial charge in [-0.3, -0.25) is 19.3 Å². The number of primary amides is 1. The van der Waals surface area contributed by atoms with E-state index in [4.69, 9.17) is 5.73 Å². The number of amides is 1. The molecule has 0 aliphatic heterocycles. The lowest BCUT2D eigenvalue weighted by Gasteiger charge is -2.50. The number of likely N-dealkylation sites (N-methyl/N-ethyl adjacent to an activating group) is 1. The first kappa shape index (κ1) is 20.8. The summed E-state index contributed by atoms with van der Waals surface area (Å²) in [4.78, 5) is 39.9. The van der Waals surface area contributed by atoms with Crippen molar-refractivity contribution in [2.75, 3.05) is 14.1 Å². The molecule has 1 aromatic carbocycles. The van der Waals surface area contributed by atoms with Gasteiger partial charge in [0.2, 0.25) is 5.78 Å². The van der Waals surface area contributed by atoms with Crippen LogP contribution in [0.1, 0.15) is 17.5 Å². The van der Waals surface area contributed by atoms with Gasteiger partial charge in [0.1, 0.15) is 22.8 Å². The van der Waals surface area contributed by atoms with Crippen LogP contribution >= 0.6 is 0 Å². The highest BCUT2D eigenvalue weighted by molar-refractivity contribution is 6.25. The lowest BCUT2D eigenvalue weighted by Crippen LogP contribution is -2.65. The first-order valence-corrected chi connectivity index (χ1v) is 9.60. The summed E-state index contributed by atoms with van der Waals surface area (Å²) in [6, 6.07) is 3.40. The van der Waals surface area contributed by atoms with E-state index >= 15 is 0 Å². The predicted molar refractivity (Wildman–Crippen MR) is 110 cm³/mol. The molecule has 0 heterocycles. The molecular formula is C22H22N2O7. The maximum Gasteiger partial charge on any atom is 0.255 e. The average Bonchev–Trinajstić information content (AvgIpc) is 2.68. The normalized spacial score (nSPS) is 30.3. The zero-order valence-corrected chi connectivity index (χ0v) is 16.9. The summed E-state index contributed by atoms with van der Waals surface area (Å²) in [6.45, 7) is 4.02. The van der Waals surface area contributed by atoms with Crippen molar-refractivity contribution in [2.45, 2.75) is 18.1 Å². The summed E-state index contributed by atoms with van der Waals surface area (Å²) in [7, 11) is 3.08. The number of aromatic hydroxyl groups is 1. The summed E-state index contributed by atoms with van der Waals surface area (Å²) in [6.07, 6.45) is -0.0275. The Balaban J connectivity index is 2.03. The van der Waals surface area contributed by atoms with Gasteiger partial charge in [-0.25, -0.2) is 0 Å². The zero-order valence-electron chi connectivity index (χ0n) is 16.9. The number of ketones is 2. The van der Waals surface area contributed by atoms with Crippen molar-refractivity contribution in [1.82, 2.24) is 4.90 Å². The molecule has 31 heavy (non-hydrogen) atoms. The van der Waals surface area contributed by atoms with Crippen molar-refractivity contribution in [3.05, 3.63) is 52.8 Å². The van der Waals surface area contributed by atoms with Crippen molar-refractivity contribution in [2.24, 2.45) is 17.6 Å². The Morgan fingerprint density at radius 1 is 1.23 bits per heavy atom. The molecule has 9 nitrogen and oxygen atoms in total. The summed E-state index contributed by atoms with van der Waals surface area (Å²) >= 11 is 0. The fraction of sp³-hybridized carbons (Fsp3) is 0.318. The smallest absolute Gasteiger partial charge is 0.255 e. The van der Waals surface area contributed by atoms with Gasteiger partial charge in [-0.05, 0) is 37.7 Å². The van der Waals surface area contributed by atoms with E-state index in [1.54, 1.807) is 26.2 Å². The van der Waals surface area contributed by atoms with E-state index in [0.717, 1.165) is 0 Å². The highest BCUT2D eigenvalue weighted by atomic mass is 16.3. The van der Waals surface area contributed by atoms with Gasteiger partial charge >= 0.3 is 0 Å². The van der Waals surface area contributed by atoms with Crippen molar-refractivity contribution in [3.63, 3.8) is 0 Å². The highest BCUT2D eigenvalue weighted by Gasteiger charge is 2.64. The number of nitrogens with two attached hydrogens (primary N) is 1. The number of aliphatic hydroxyl groups is 3. The molecule has 4 unspecified atom stereocenters. The van der Waals surface area contributed by atoms with Gasteiger partial charge in [0.25, 0.3) is 5.91 Å². The van der Waals surface area contributed by atoms with Crippen molar-refractivity contribution < 1.29 is 34.8 Å². The minimum absolute atomic E-state index is 0.0104. The number of aliphatic hydroxyl groups excluding tert-OH is 2. The second-order valence-electron chi connectivity index (χ2n) is 8.34. The first-order valence-electron chi connectivity index (χ1n) is 9.60. The molecule has 162 valence electrons. The van der Waals surface area contributed by atoms with Crippen LogP contribution in [0.4, 0.5) is 0 Å². The number of phenolic OH excluding ortho intramolecular Hbond substituents is 1. The number of Topliss-reactive ketones (excluding diaryl/α,β-unsaturated/α-hetero) is 2. The molecule has 0 bridgehead atoms. The van der Waals surface area contributed by atoms with Crippen molar-refractivity contribution >= 4 is 28.8 Å². The van der Waals surface area contributed by atoms with E-state index in [1.807, 2.05) is 0 Å². The maximum atomic E-state index is 13.6. The number of hydrogen-bond donors (Lipinski definition) is 5. The molecule has 9 heteroatoms. The van der Waals surface area contributed by atoms with Gasteiger partial charge in [0.05, 0.1) is 11.6 Å². The molecule has 6 N–H and O–H groups in total. The predicted octanol–water partition coefficient (Wildman–Crippen LogP) is 0.435. The fourth-order valence-electron chi connectivity index (χ4n) is 5.15. The van der Waals surface area contributed by atoms with Crippen LogP contribution in [0.5, 0.6) is 5.75 Å². The van der Waals surface area contributed by atoms with Crippen LogP contribution in [-0.2, 0) is 14.4 Å². The number of nitrogens with zero attached hydrogens (tertiary/aromatic N) is 1. The number of phenols is 1. The van der Waals surface area contributed by atoms with Crippen molar-refractivity contribution in [3.8, 4) is 5.75 Å². The molecule has 1 aromatic rings. The summed E-state index contributed by atoms with van der Waals surface area (Å²) < 4.78 is 0. The third-order valence-corrected chi connectivity index (χ3v) is 6.56. The third kappa shape index (κ3) is 2.47. The maximum absolute atomic E-state index is 13.6. The zero-order chi connectivity index (χ0) is 23.0.